The number of nitro benzene ring substituents is 1. The van der Waals surface area contributed by atoms with Crippen LogP contribution in [0.3, 0.4) is 0 Å². The number of benzene rings is 1. The molecule has 0 spiro atoms. The first-order valence-corrected chi connectivity index (χ1v) is 6.52. The molecule has 0 unspecified atom stereocenters. The first kappa shape index (κ1) is 15.1. The zero-order valence-electron chi connectivity index (χ0n) is 11.1. The van der Waals surface area contributed by atoms with Crippen LogP contribution < -0.4 is 4.90 Å². The standard InChI is InChI=1S/C13H14F2N2O4/c14-9-5-6-10(17(20)21)13(12(9)15)16(7-11(18)19)8-3-1-2-4-8/h5-6,8H,1-4,7H2,(H,18,19). The van der Waals surface area contributed by atoms with Crippen molar-refractivity contribution in [1.82, 2.24) is 0 Å². The summed E-state index contributed by atoms with van der Waals surface area (Å²) in [7, 11) is 0. The van der Waals surface area contributed by atoms with E-state index in [0.717, 1.165) is 23.8 Å². The third-order valence-corrected chi connectivity index (χ3v) is 3.60. The Hall–Kier alpha value is -2.25. The van der Waals surface area contributed by atoms with Gasteiger partial charge in [0.1, 0.15) is 6.54 Å². The van der Waals surface area contributed by atoms with E-state index in [4.69, 9.17) is 5.11 Å². The minimum Gasteiger partial charge on any atom is -0.480 e. The molecule has 1 fully saturated rings. The van der Waals surface area contributed by atoms with E-state index in [9.17, 15) is 23.7 Å². The molecule has 0 bridgehead atoms. The van der Waals surface area contributed by atoms with E-state index in [1.807, 2.05) is 0 Å². The van der Waals surface area contributed by atoms with Crippen LogP contribution in [-0.2, 0) is 4.79 Å². The Morgan fingerprint density at radius 2 is 2.00 bits per heavy atom. The smallest absolute Gasteiger partial charge is 0.323 e. The Morgan fingerprint density at radius 1 is 1.38 bits per heavy atom. The second-order valence-corrected chi connectivity index (χ2v) is 4.95. The van der Waals surface area contributed by atoms with Gasteiger partial charge in [-0.1, -0.05) is 12.8 Å². The molecule has 1 N–H and O–H groups in total. The van der Waals surface area contributed by atoms with Crippen molar-refractivity contribution in [1.29, 1.82) is 0 Å². The maximum Gasteiger partial charge on any atom is 0.323 e. The number of aliphatic carboxylic acids is 1. The maximum absolute atomic E-state index is 14.1. The van der Waals surface area contributed by atoms with E-state index >= 15 is 0 Å². The molecule has 1 aliphatic rings. The monoisotopic (exact) mass is 300 g/mol. The molecule has 2 rings (SSSR count). The Labute approximate surface area is 119 Å². The Bertz CT molecular complexity index is 574. The van der Waals surface area contributed by atoms with Crippen molar-refractivity contribution in [2.75, 3.05) is 11.4 Å². The number of halogens is 2. The highest BCUT2D eigenvalue weighted by atomic mass is 19.2. The van der Waals surface area contributed by atoms with Gasteiger partial charge in [0, 0.05) is 12.1 Å². The summed E-state index contributed by atoms with van der Waals surface area (Å²) < 4.78 is 27.5. The summed E-state index contributed by atoms with van der Waals surface area (Å²) in [5.41, 5.74) is -1.20. The number of carbonyl (C=O) groups is 1. The van der Waals surface area contributed by atoms with Gasteiger partial charge in [-0.05, 0) is 18.9 Å². The highest BCUT2D eigenvalue weighted by Crippen LogP contribution is 2.37. The summed E-state index contributed by atoms with van der Waals surface area (Å²) in [6.45, 7) is -0.605. The number of rotatable bonds is 5. The lowest BCUT2D eigenvalue weighted by atomic mass is 10.1. The average molecular weight is 300 g/mol. The Kier molecular flexibility index (Phi) is 4.35. The number of carboxylic acids is 1. The van der Waals surface area contributed by atoms with Crippen molar-refractivity contribution in [3.05, 3.63) is 33.9 Å². The SMILES string of the molecule is O=C(O)CN(c1c([N+](=O)[O-])ccc(F)c1F)C1CCCC1. The van der Waals surface area contributed by atoms with Gasteiger partial charge >= 0.3 is 5.97 Å². The minimum atomic E-state index is -1.38. The van der Waals surface area contributed by atoms with E-state index in [-0.39, 0.29) is 6.04 Å². The number of nitrogens with zero attached hydrogens (tertiary/aromatic N) is 2. The van der Waals surface area contributed by atoms with E-state index in [1.165, 1.54) is 0 Å². The van der Waals surface area contributed by atoms with Crippen LogP contribution in [0, 0.1) is 21.7 Å². The molecular weight excluding hydrogens is 286 g/mol. The van der Waals surface area contributed by atoms with Gasteiger partial charge in [0.15, 0.2) is 17.3 Å². The molecule has 0 heterocycles. The van der Waals surface area contributed by atoms with Crippen molar-refractivity contribution in [3.8, 4) is 0 Å². The van der Waals surface area contributed by atoms with E-state index in [1.54, 1.807) is 0 Å². The molecule has 1 saturated carbocycles. The zero-order chi connectivity index (χ0) is 15.6. The average Bonchev–Trinajstić information content (AvgIpc) is 2.92. The lowest BCUT2D eigenvalue weighted by Gasteiger charge is -2.29. The first-order valence-electron chi connectivity index (χ1n) is 6.52. The van der Waals surface area contributed by atoms with Gasteiger partial charge in [-0.15, -0.1) is 0 Å². The number of hydrogen-bond donors (Lipinski definition) is 1. The minimum absolute atomic E-state index is 0.337. The molecule has 6 nitrogen and oxygen atoms in total. The molecule has 0 aliphatic heterocycles. The summed E-state index contributed by atoms with van der Waals surface area (Å²) in [5, 5.41) is 20.0. The van der Waals surface area contributed by atoms with Crippen LogP contribution >= 0.6 is 0 Å². The number of hydrogen-bond acceptors (Lipinski definition) is 4. The van der Waals surface area contributed by atoms with Gasteiger partial charge in [-0.25, -0.2) is 8.78 Å². The number of nitro groups is 1. The molecule has 114 valence electrons. The van der Waals surface area contributed by atoms with Crippen molar-refractivity contribution in [2.24, 2.45) is 0 Å². The molecule has 1 aliphatic carbocycles. The van der Waals surface area contributed by atoms with Gasteiger partial charge in [0.25, 0.3) is 5.69 Å². The van der Waals surface area contributed by atoms with Crippen LogP contribution in [0.15, 0.2) is 12.1 Å². The van der Waals surface area contributed by atoms with Crippen molar-refractivity contribution in [3.63, 3.8) is 0 Å². The van der Waals surface area contributed by atoms with E-state index in [2.05, 4.69) is 0 Å². The summed E-state index contributed by atoms with van der Waals surface area (Å²) in [6.07, 6.45) is 2.85. The molecule has 0 saturated heterocycles. The lowest BCUT2D eigenvalue weighted by Crippen LogP contribution is -2.38. The fraction of sp³-hybridized carbons (Fsp3) is 0.462. The third kappa shape index (κ3) is 3.09. The molecular formula is C13H14F2N2O4. The predicted molar refractivity (Wildman–Crippen MR) is 70.3 cm³/mol. The van der Waals surface area contributed by atoms with Crippen LogP contribution in [-0.4, -0.2) is 28.6 Å². The molecule has 0 atom stereocenters. The zero-order valence-corrected chi connectivity index (χ0v) is 11.1. The molecule has 0 aromatic heterocycles. The molecule has 8 heteroatoms. The molecule has 0 radical (unpaired) electrons. The van der Waals surface area contributed by atoms with Crippen molar-refractivity contribution < 1.29 is 23.6 Å². The normalized spacial score (nSPS) is 15.1. The molecule has 1 aromatic rings. The fourth-order valence-corrected chi connectivity index (χ4v) is 2.70. The summed E-state index contributed by atoms with van der Waals surface area (Å²) >= 11 is 0. The molecule has 0 amide bonds. The predicted octanol–water partition coefficient (Wildman–Crippen LogP) is 2.71. The second kappa shape index (κ2) is 6.02. The highest BCUT2D eigenvalue weighted by molar-refractivity contribution is 5.77. The third-order valence-electron chi connectivity index (χ3n) is 3.60. The van der Waals surface area contributed by atoms with Crippen LogP contribution in [0.4, 0.5) is 20.2 Å². The highest BCUT2D eigenvalue weighted by Gasteiger charge is 2.33. The Morgan fingerprint density at radius 3 is 2.52 bits per heavy atom. The van der Waals surface area contributed by atoms with Gasteiger partial charge < -0.3 is 10.0 Å². The maximum atomic E-state index is 14.1. The van der Waals surface area contributed by atoms with E-state index in [0.29, 0.717) is 18.9 Å². The number of anilines is 1. The summed E-state index contributed by atoms with van der Waals surface area (Å²) in [5.74, 6) is -3.86. The summed E-state index contributed by atoms with van der Waals surface area (Å²) in [4.78, 5) is 22.3. The fourth-order valence-electron chi connectivity index (χ4n) is 2.70. The van der Waals surface area contributed by atoms with Crippen molar-refractivity contribution in [2.45, 2.75) is 31.7 Å². The summed E-state index contributed by atoms with van der Waals surface area (Å²) in [6, 6.07) is 1.19. The quantitative estimate of drug-likeness (QED) is 0.667. The Balaban J connectivity index is 2.54. The topological polar surface area (TPSA) is 83.7 Å². The van der Waals surface area contributed by atoms with Crippen molar-refractivity contribution >= 4 is 17.3 Å². The van der Waals surface area contributed by atoms with Crippen LogP contribution in [0.25, 0.3) is 0 Å². The van der Waals surface area contributed by atoms with Crippen LogP contribution in [0.5, 0.6) is 0 Å². The lowest BCUT2D eigenvalue weighted by molar-refractivity contribution is -0.384. The number of carboxylic acid groups (broad SMARTS) is 1. The second-order valence-electron chi connectivity index (χ2n) is 4.95. The molecule has 21 heavy (non-hydrogen) atoms. The van der Waals surface area contributed by atoms with Crippen LogP contribution in [0.1, 0.15) is 25.7 Å². The van der Waals surface area contributed by atoms with Crippen LogP contribution in [0.2, 0.25) is 0 Å². The largest absolute Gasteiger partial charge is 0.480 e. The van der Waals surface area contributed by atoms with Gasteiger partial charge in [0.05, 0.1) is 4.92 Å². The molecule has 1 aromatic carbocycles. The van der Waals surface area contributed by atoms with Gasteiger partial charge in [-0.3, -0.25) is 14.9 Å². The first-order chi connectivity index (χ1) is 9.91. The van der Waals surface area contributed by atoms with E-state index < -0.39 is 40.4 Å². The van der Waals surface area contributed by atoms with Gasteiger partial charge in [0.2, 0.25) is 0 Å². The van der Waals surface area contributed by atoms with Gasteiger partial charge in [-0.2, -0.15) is 0 Å².